The molecule has 1 unspecified atom stereocenters. The zero-order valence-corrected chi connectivity index (χ0v) is 15.3. The second-order valence-electron chi connectivity index (χ2n) is 6.03. The van der Waals surface area contributed by atoms with Crippen LogP contribution < -0.4 is 4.31 Å². The number of hydrogen-bond acceptors (Lipinski definition) is 2. The molecule has 0 saturated heterocycles. The van der Waals surface area contributed by atoms with Crippen LogP contribution in [-0.4, -0.2) is 14.3 Å². The maximum Gasteiger partial charge on any atom is 0.0567 e. The first-order chi connectivity index (χ1) is 10.3. The Hall–Kier alpha value is -1.17. The monoisotopic (exact) mass is 380 g/mol. The second-order valence-corrected chi connectivity index (χ2v) is 7.39. The van der Waals surface area contributed by atoms with Crippen molar-refractivity contribution < 1.29 is 8.76 Å². The summed E-state index contributed by atoms with van der Waals surface area (Å²) in [5.74, 6) is 0. The highest BCUT2D eigenvalue weighted by Gasteiger charge is 2.25. The van der Waals surface area contributed by atoms with Gasteiger partial charge in [0.1, 0.15) is 0 Å². The van der Waals surface area contributed by atoms with E-state index in [1.165, 1.54) is 9.87 Å². The number of anilines is 1. The third-order valence-corrected chi connectivity index (χ3v) is 4.99. The van der Waals surface area contributed by atoms with E-state index in [1.807, 2.05) is 69.3 Å². The van der Waals surface area contributed by atoms with E-state index in [0.717, 1.165) is 16.5 Å². The van der Waals surface area contributed by atoms with E-state index in [4.69, 9.17) is 0 Å². The molecule has 5 heteroatoms. The van der Waals surface area contributed by atoms with E-state index in [0.29, 0.717) is 5.69 Å². The first kappa shape index (κ1) is 17.2. The summed E-state index contributed by atoms with van der Waals surface area (Å²) < 4.78 is 24.9. The van der Waals surface area contributed by atoms with Crippen LogP contribution in [0, 0.1) is 0 Å². The summed E-state index contributed by atoms with van der Waals surface area (Å²) in [5, 5.41) is 0.799. The fraction of sp³-hybridized carbons (Fsp3) is 0.294. The predicted octanol–water partition coefficient (Wildman–Crippen LogP) is 4.65. The molecule has 0 saturated carbocycles. The predicted molar refractivity (Wildman–Crippen MR) is 95.7 cm³/mol. The van der Waals surface area contributed by atoms with Crippen molar-refractivity contribution in [3.05, 3.63) is 54.1 Å². The van der Waals surface area contributed by atoms with Gasteiger partial charge in [-0.2, -0.15) is 0 Å². The van der Waals surface area contributed by atoms with Crippen molar-refractivity contribution in [2.45, 2.75) is 31.6 Å². The molecule has 0 N–H and O–H groups in total. The Morgan fingerprint density at radius 1 is 1.09 bits per heavy atom. The maximum absolute atomic E-state index is 11.8. The topological polar surface area (TPSA) is 43.4 Å². The van der Waals surface area contributed by atoms with Gasteiger partial charge in [0.25, 0.3) is 0 Å². The zero-order valence-electron chi connectivity index (χ0n) is 12.9. The Labute approximate surface area is 142 Å². The summed E-state index contributed by atoms with van der Waals surface area (Å²) in [6.45, 7) is 5.65. The molecule has 0 heterocycles. The average Bonchev–Trinajstić information content (AvgIpc) is 2.46. The normalized spacial score (nSPS) is 13.0. The zero-order chi connectivity index (χ0) is 16.3. The SMILES string of the molecule is CC(C)(C)N(c1ccccc1-c1ccc(CBr)cc1)S(=O)[O-]. The molecule has 2 rings (SSSR count). The lowest BCUT2D eigenvalue weighted by Gasteiger charge is -2.39. The maximum atomic E-state index is 11.8. The van der Waals surface area contributed by atoms with Crippen LogP contribution in [0.5, 0.6) is 0 Å². The van der Waals surface area contributed by atoms with Crippen molar-refractivity contribution >= 4 is 32.9 Å². The molecule has 0 radical (unpaired) electrons. The van der Waals surface area contributed by atoms with Gasteiger partial charge in [0.05, 0.1) is 5.69 Å². The van der Waals surface area contributed by atoms with E-state index < -0.39 is 16.8 Å². The molecule has 0 aliphatic rings. The van der Waals surface area contributed by atoms with Gasteiger partial charge < -0.3 is 4.55 Å². The number of halogens is 1. The van der Waals surface area contributed by atoms with Crippen molar-refractivity contribution in [1.82, 2.24) is 0 Å². The van der Waals surface area contributed by atoms with Crippen LogP contribution >= 0.6 is 15.9 Å². The third kappa shape index (κ3) is 3.77. The summed E-state index contributed by atoms with van der Waals surface area (Å²) in [4.78, 5) is 0. The first-order valence-electron chi connectivity index (χ1n) is 6.98. The minimum absolute atomic E-state index is 0.529. The molecule has 1 atom stereocenters. The fourth-order valence-electron chi connectivity index (χ4n) is 2.33. The Morgan fingerprint density at radius 2 is 1.68 bits per heavy atom. The Bertz CT molecular complexity index is 665. The number of hydrogen-bond donors (Lipinski definition) is 0. The van der Waals surface area contributed by atoms with Crippen LogP contribution in [0.4, 0.5) is 5.69 Å². The van der Waals surface area contributed by atoms with Crippen LogP contribution in [0.25, 0.3) is 11.1 Å². The Morgan fingerprint density at radius 3 is 2.18 bits per heavy atom. The molecule has 0 aliphatic carbocycles. The molecular weight excluding hydrogens is 362 g/mol. The van der Waals surface area contributed by atoms with Gasteiger partial charge in [0.2, 0.25) is 0 Å². The van der Waals surface area contributed by atoms with Gasteiger partial charge in [-0.05, 0) is 38.0 Å². The lowest BCUT2D eigenvalue weighted by Crippen LogP contribution is -2.42. The van der Waals surface area contributed by atoms with Gasteiger partial charge in [-0.25, -0.2) is 0 Å². The van der Waals surface area contributed by atoms with Gasteiger partial charge in [0.15, 0.2) is 0 Å². The fourth-order valence-corrected chi connectivity index (χ4v) is 3.47. The quantitative estimate of drug-likeness (QED) is 0.572. The molecule has 2 aromatic rings. The number of benzene rings is 2. The lowest BCUT2D eigenvalue weighted by atomic mass is 10.0. The summed E-state index contributed by atoms with van der Waals surface area (Å²) in [6, 6.07) is 15.7. The molecule has 0 aliphatic heterocycles. The number of rotatable bonds is 4. The Balaban J connectivity index is 2.56. The smallest absolute Gasteiger partial charge is 0.0567 e. The average molecular weight is 381 g/mol. The molecule has 2 aromatic carbocycles. The third-order valence-electron chi connectivity index (χ3n) is 3.30. The number of nitrogens with zero attached hydrogens (tertiary/aromatic N) is 1. The van der Waals surface area contributed by atoms with E-state index in [-0.39, 0.29) is 0 Å². The van der Waals surface area contributed by atoms with Gasteiger partial charge in [0, 0.05) is 27.7 Å². The van der Waals surface area contributed by atoms with Crippen LogP contribution in [0.2, 0.25) is 0 Å². The van der Waals surface area contributed by atoms with Gasteiger partial charge in [-0.15, -0.1) is 0 Å². The van der Waals surface area contributed by atoms with Crippen LogP contribution in [0.15, 0.2) is 48.5 Å². The Kier molecular flexibility index (Phi) is 5.42. The van der Waals surface area contributed by atoms with Crippen molar-refractivity contribution in [2.75, 3.05) is 4.31 Å². The molecule has 0 spiro atoms. The van der Waals surface area contributed by atoms with Crippen LogP contribution in [0.3, 0.4) is 0 Å². The van der Waals surface area contributed by atoms with Gasteiger partial charge in [-0.3, -0.25) is 8.51 Å². The van der Waals surface area contributed by atoms with E-state index in [9.17, 15) is 8.76 Å². The summed E-state index contributed by atoms with van der Waals surface area (Å²) in [7, 11) is 0. The molecular formula is C17H19BrNO2S-. The van der Waals surface area contributed by atoms with E-state index in [2.05, 4.69) is 15.9 Å². The minimum Gasteiger partial charge on any atom is -0.755 e. The summed E-state index contributed by atoms with van der Waals surface area (Å²) >= 11 is 1.09. The highest BCUT2D eigenvalue weighted by atomic mass is 79.9. The highest BCUT2D eigenvalue weighted by molar-refractivity contribution is 9.08. The van der Waals surface area contributed by atoms with Gasteiger partial charge >= 0.3 is 0 Å². The summed E-state index contributed by atoms with van der Waals surface area (Å²) in [5.41, 5.74) is 3.25. The van der Waals surface area contributed by atoms with E-state index in [1.54, 1.807) is 0 Å². The molecule has 0 aromatic heterocycles. The second kappa shape index (κ2) is 6.94. The minimum atomic E-state index is -2.34. The molecule has 118 valence electrons. The highest BCUT2D eigenvalue weighted by Crippen LogP contribution is 2.35. The standard InChI is InChI=1S/C17H20BrNO2S/c1-17(2,3)19(22(20)21)16-7-5-4-6-15(16)14-10-8-13(12-18)9-11-14/h4-11H,12H2,1-3H3,(H,20,21)/p-1. The first-order valence-corrected chi connectivity index (χ1v) is 9.14. The largest absolute Gasteiger partial charge is 0.755 e. The molecule has 22 heavy (non-hydrogen) atoms. The van der Waals surface area contributed by atoms with E-state index >= 15 is 0 Å². The van der Waals surface area contributed by atoms with Crippen molar-refractivity contribution in [3.63, 3.8) is 0 Å². The molecule has 0 amide bonds. The van der Waals surface area contributed by atoms with Crippen molar-refractivity contribution in [2.24, 2.45) is 0 Å². The van der Waals surface area contributed by atoms with Crippen LogP contribution in [0.1, 0.15) is 26.3 Å². The molecule has 0 fully saturated rings. The number of para-hydroxylation sites is 1. The van der Waals surface area contributed by atoms with Crippen molar-refractivity contribution in [1.29, 1.82) is 0 Å². The molecule has 3 nitrogen and oxygen atoms in total. The van der Waals surface area contributed by atoms with Crippen LogP contribution in [-0.2, 0) is 16.6 Å². The number of alkyl halides is 1. The summed E-state index contributed by atoms with van der Waals surface area (Å²) in [6.07, 6.45) is 0. The van der Waals surface area contributed by atoms with Crippen molar-refractivity contribution in [3.8, 4) is 11.1 Å². The molecule has 0 bridgehead atoms. The van der Waals surface area contributed by atoms with Gasteiger partial charge in [-0.1, -0.05) is 58.4 Å². The lowest BCUT2D eigenvalue weighted by molar-refractivity contribution is 0.498.